The fraction of sp³-hybridized carbons (Fsp3) is 0.529. The Hall–Kier alpha value is -0.850. The predicted octanol–water partition coefficient (Wildman–Crippen LogP) is -0.0208. The maximum atomic E-state index is 11.5. The smallest absolute Gasteiger partial charge is 0.316 e. The van der Waals surface area contributed by atoms with E-state index in [2.05, 4.69) is 35.8 Å². The van der Waals surface area contributed by atoms with E-state index in [1.54, 1.807) is 11.8 Å². The lowest BCUT2D eigenvalue weighted by Crippen LogP contribution is -3.00. The lowest BCUT2D eigenvalue weighted by Gasteiger charge is -2.27. The zero-order valence-electron chi connectivity index (χ0n) is 13.5. The van der Waals surface area contributed by atoms with E-state index in [9.17, 15) is 4.79 Å². The molecule has 0 saturated carbocycles. The van der Waals surface area contributed by atoms with E-state index < -0.39 is 0 Å². The minimum absolute atomic E-state index is 0. The van der Waals surface area contributed by atoms with Crippen molar-refractivity contribution in [2.45, 2.75) is 38.0 Å². The van der Waals surface area contributed by atoms with Crippen LogP contribution in [0.5, 0.6) is 0 Å². The van der Waals surface area contributed by atoms with Gasteiger partial charge in [-0.25, -0.2) is 0 Å². The number of methoxy groups -OCH3 is 1. The Bertz CT molecular complexity index is 593. The minimum atomic E-state index is -0.253. The Kier molecular flexibility index (Phi) is 6.28. The van der Waals surface area contributed by atoms with Gasteiger partial charge in [0.15, 0.2) is 0 Å². The van der Waals surface area contributed by atoms with E-state index in [4.69, 9.17) is 9.47 Å². The zero-order chi connectivity index (χ0) is 15.6. The van der Waals surface area contributed by atoms with Crippen molar-refractivity contribution in [1.29, 1.82) is 0 Å². The number of ether oxygens (including phenoxy) is 2. The van der Waals surface area contributed by atoms with Gasteiger partial charge in [-0.1, -0.05) is 42.1 Å². The van der Waals surface area contributed by atoms with Crippen LogP contribution in [0.15, 0.2) is 30.3 Å². The molecule has 0 N–H and O–H groups in total. The highest BCUT2D eigenvalue weighted by atomic mass is 79.9. The van der Waals surface area contributed by atoms with Crippen LogP contribution in [0.3, 0.4) is 0 Å². The molecule has 1 fully saturated rings. The van der Waals surface area contributed by atoms with Crippen molar-refractivity contribution < 1.29 is 35.8 Å². The van der Waals surface area contributed by atoms with Gasteiger partial charge in [0.1, 0.15) is 12.4 Å². The number of carbonyl (C=O) groups excluding carboxylic acids is 1. The molecule has 0 spiro atoms. The largest absolute Gasteiger partial charge is 1.00 e. The normalized spacial score (nSPS) is 26.4. The molecule has 126 valence electrons. The van der Waals surface area contributed by atoms with Gasteiger partial charge in [0.2, 0.25) is 11.1 Å². The Labute approximate surface area is 152 Å². The van der Waals surface area contributed by atoms with Crippen LogP contribution in [0.1, 0.15) is 37.8 Å². The summed E-state index contributed by atoms with van der Waals surface area (Å²) in [6.07, 6.45) is 3.13. The average molecular weight is 400 g/mol. The molecule has 2 heterocycles. The van der Waals surface area contributed by atoms with E-state index in [1.165, 1.54) is 17.7 Å². The molecule has 1 saturated heterocycles. The molecule has 2 aliphatic rings. The van der Waals surface area contributed by atoms with Gasteiger partial charge in [0.05, 0.1) is 7.11 Å². The van der Waals surface area contributed by atoms with E-state index in [-0.39, 0.29) is 34.7 Å². The molecule has 0 unspecified atom stereocenters. The lowest BCUT2D eigenvalue weighted by atomic mass is 10.0. The second-order valence-corrected chi connectivity index (χ2v) is 6.94. The summed E-state index contributed by atoms with van der Waals surface area (Å²) in [4.78, 5) is 11.5. The number of benzene rings is 1. The van der Waals surface area contributed by atoms with Crippen LogP contribution < -0.4 is 17.0 Å². The first-order chi connectivity index (χ1) is 10.6. The Morgan fingerprint density at radius 2 is 2.17 bits per heavy atom. The molecular weight excluding hydrogens is 378 g/mol. The molecular formula is C17H22BrNO3S. The molecule has 2 aliphatic heterocycles. The molecule has 1 aromatic carbocycles. The molecule has 6 heteroatoms. The highest BCUT2D eigenvalue weighted by Gasteiger charge is 2.52. The summed E-state index contributed by atoms with van der Waals surface area (Å²) in [6, 6.07) is 10.7. The Balaban J connectivity index is 0.00000192. The molecule has 0 aromatic heterocycles. The van der Waals surface area contributed by atoms with Crippen molar-refractivity contribution in [1.82, 2.24) is 0 Å². The van der Waals surface area contributed by atoms with Crippen LogP contribution in [0.25, 0.3) is 0 Å². The minimum Gasteiger partial charge on any atom is -1.00 e. The first-order valence-corrected chi connectivity index (χ1v) is 8.66. The lowest BCUT2D eigenvalue weighted by molar-refractivity contribution is -0.649. The summed E-state index contributed by atoms with van der Waals surface area (Å²) in [5.74, 6) is 0.182. The second-order valence-electron chi connectivity index (χ2n) is 5.89. The summed E-state index contributed by atoms with van der Waals surface area (Å²) < 4.78 is 13.3. The van der Waals surface area contributed by atoms with E-state index in [0.29, 0.717) is 12.4 Å². The van der Waals surface area contributed by atoms with Crippen molar-refractivity contribution in [3.8, 4) is 0 Å². The molecule has 3 rings (SSSR count). The first-order valence-electron chi connectivity index (χ1n) is 7.68. The van der Waals surface area contributed by atoms with Crippen molar-refractivity contribution in [2.24, 2.45) is 0 Å². The zero-order valence-corrected chi connectivity index (χ0v) is 15.9. The van der Waals surface area contributed by atoms with Gasteiger partial charge in [-0.05, 0) is 6.42 Å². The summed E-state index contributed by atoms with van der Waals surface area (Å²) in [5.41, 5.74) is 1.02. The third-order valence-corrected chi connectivity index (χ3v) is 5.56. The highest BCUT2D eigenvalue weighted by molar-refractivity contribution is 8.14. The van der Waals surface area contributed by atoms with Crippen LogP contribution in [0.2, 0.25) is 0 Å². The third kappa shape index (κ3) is 3.80. The van der Waals surface area contributed by atoms with Crippen LogP contribution in [-0.2, 0) is 14.3 Å². The van der Waals surface area contributed by atoms with Crippen LogP contribution in [0.4, 0.5) is 0 Å². The van der Waals surface area contributed by atoms with Crippen molar-refractivity contribution in [3.05, 3.63) is 35.9 Å². The molecule has 1 aromatic rings. The molecule has 23 heavy (non-hydrogen) atoms. The molecule has 2 atom stereocenters. The second kappa shape index (κ2) is 7.81. The number of hydrogen-bond donors (Lipinski definition) is 0. The Morgan fingerprint density at radius 3 is 2.87 bits per heavy atom. The van der Waals surface area contributed by atoms with Crippen LogP contribution in [0, 0.1) is 0 Å². The van der Waals surface area contributed by atoms with Crippen molar-refractivity contribution in [3.63, 3.8) is 0 Å². The fourth-order valence-electron chi connectivity index (χ4n) is 3.31. The summed E-state index contributed by atoms with van der Waals surface area (Å²) in [7, 11) is 1.43. The summed E-state index contributed by atoms with van der Waals surface area (Å²) in [6.45, 7) is 2.86. The average Bonchev–Trinajstić information content (AvgIpc) is 2.91. The van der Waals surface area contributed by atoms with Crippen LogP contribution >= 0.6 is 11.8 Å². The third-order valence-electron chi connectivity index (χ3n) is 4.44. The molecule has 0 radical (unpaired) electrons. The predicted molar refractivity (Wildman–Crippen MR) is 87.1 cm³/mol. The van der Waals surface area contributed by atoms with Crippen LogP contribution in [-0.4, -0.2) is 40.8 Å². The maximum absolute atomic E-state index is 11.5. The number of rotatable bonds is 3. The van der Waals surface area contributed by atoms with Crippen molar-refractivity contribution >= 4 is 22.8 Å². The van der Waals surface area contributed by atoms with Gasteiger partial charge in [-0.2, -0.15) is 4.58 Å². The fourth-order valence-corrected chi connectivity index (χ4v) is 4.46. The van der Waals surface area contributed by atoms with Gasteiger partial charge >= 0.3 is 5.97 Å². The molecule has 4 nitrogen and oxygen atoms in total. The highest BCUT2D eigenvalue weighted by Crippen LogP contribution is 2.40. The van der Waals surface area contributed by atoms with E-state index in [1.807, 2.05) is 6.07 Å². The molecule has 0 aliphatic carbocycles. The van der Waals surface area contributed by atoms with Gasteiger partial charge in [-0.15, -0.1) is 0 Å². The maximum Gasteiger partial charge on any atom is 0.316 e. The Morgan fingerprint density at radius 1 is 1.43 bits per heavy atom. The van der Waals surface area contributed by atoms with Gasteiger partial charge in [0.25, 0.3) is 5.72 Å². The number of esters is 1. The van der Waals surface area contributed by atoms with E-state index >= 15 is 0 Å². The van der Waals surface area contributed by atoms with Crippen molar-refractivity contribution in [2.75, 3.05) is 19.5 Å². The summed E-state index contributed by atoms with van der Waals surface area (Å²) in [5, 5.41) is 1.24. The molecule has 0 bridgehead atoms. The number of thioether (sulfide) groups is 1. The molecule has 0 amide bonds. The monoisotopic (exact) mass is 399 g/mol. The number of halogens is 1. The number of carbonyl (C=O) groups is 1. The quantitative estimate of drug-likeness (QED) is 0.528. The standard InChI is InChI=1S/C17H22NO3S.BrH/c1-17-10-6-9-15(22-12-16(19)20-2)18(17)14(11-21-17)13-7-4-3-5-8-13;/h3-5,7-8,14H,6,9-12H2,1-2H3;1H/q+1;/p-1/t14-,17-;/m1./s1. The summed E-state index contributed by atoms with van der Waals surface area (Å²) >= 11 is 1.59. The van der Waals surface area contributed by atoms with Gasteiger partial charge < -0.3 is 26.5 Å². The number of nitrogens with zero attached hydrogens (tertiary/aromatic N) is 1. The van der Waals surface area contributed by atoms with E-state index in [0.717, 1.165) is 19.3 Å². The van der Waals surface area contributed by atoms with Gasteiger partial charge in [-0.3, -0.25) is 4.79 Å². The topological polar surface area (TPSA) is 38.5 Å². The SMILES string of the molecule is COC(=O)CSC1=[N+]2[C@@H](c3ccccc3)CO[C@]2(C)CCC1.[Br-]. The number of fused-ring (bicyclic) bond motifs is 1. The van der Waals surface area contributed by atoms with Gasteiger partial charge in [0, 0.05) is 25.3 Å². The first kappa shape index (κ1) is 18.5. The number of hydrogen-bond acceptors (Lipinski definition) is 4.